The predicted molar refractivity (Wildman–Crippen MR) is 66.9 cm³/mol. The summed E-state index contributed by atoms with van der Waals surface area (Å²) < 4.78 is 0. The number of hydrogen-bond donors (Lipinski definition) is 2. The minimum Gasteiger partial charge on any atom is -0.395 e. The van der Waals surface area contributed by atoms with Gasteiger partial charge in [-0.25, -0.2) is 0 Å². The molecule has 0 unspecified atom stereocenters. The molecule has 0 bridgehead atoms. The highest BCUT2D eigenvalue weighted by Gasteiger charge is 2.05. The summed E-state index contributed by atoms with van der Waals surface area (Å²) in [6.45, 7) is 0. The van der Waals surface area contributed by atoms with E-state index in [2.05, 4.69) is 22.3 Å². The van der Waals surface area contributed by atoms with Crippen molar-refractivity contribution in [2.75, 3.05) is 11.5 Å². The Kier molecular flexibility index (Phi) is 3.26. The summed E-state index contributed by atoms with van der Waals surface area (Å²) in [6.07, 6.45) is 1.64. The van der Waals surface area contributed by atoms with Crippen LogP contribution in [-0.2, 0) is 5.75 Å². The topological polar surface area (TPSA) is 77.8 Å². The monoisotopic (exact) mass is 232 g/mol. The van der Waals surface area contributed by atoms with Gasteiger partial charge in [-0.3, -0.25) is 0 Å². The molecule has 1 aromatic heterocycles. The van der Waals surface area contributed by atoms with Crippen molar-refractivity contribution < 1.29 is 0 Å². The zero-order chi connectivity index (χ0) is 11.4. The van der Waals surface area contributed by atoms with Gasteiger partial charge in [0.05, 0.1) is 16.8 Å². The second kappa shape index (κ2) is 4.85. The predicted octanol–water partition coefficient (Wildman–Crippen LogP) is 1.93. The van der Waals surface area contributed by atoms with Crippen LogP contribution in [0.3, 0.4) is 0 Å². The van der Waals surface area contributed by atoms with Gasteiger partial charge in [0, 0.05) is 5.75 Å². The van der Waals surface area contributed by atoms with Gasteiger partial charge in [0.15, 0.2) is 5.82 Å². The van der Waals surface area contributed by atoms with Gasteiger partial charge in [0.2, 0.25) is 0 Å². The van der Waals surface area contributed by atoms with Crippen molar-refractivity contribution in [3.05, 3.63) is 42.1 Å². The molecule has 0 radical (unpaired) electrons. The zero-order valence-corrected chi connectivity index (χ0v) is 9.45. The molecule has 5 heteroatoms. The molecule has 1 heterocycles. The Labute approximate surface area is 98.1 Å². The van der Waals surface area contributed by atoms with E-state index < -0.39 is 0 Å². The van der Waals surface area contributed by atoms with Crippen LogP contribution >= 0.6 is 11.8 Å². The van der Waals surface area contributed by atoms with Gasteiger partial charge in [-0.05, 0) is 5.56 Å². The van der Waals surface area contributed by atoms with Crippen LogP contribution < -0.4 is 11.5 Å². The maximum absolute atomic E-state index is 5.80. The second-order valence-electron chi connectivity index (χ2n) is 3.28. The van der Waals surface area contributed by atoms with E-state index in [4.69, 9.17) is 11.5 Å². The van der Waals surface area contributed by atoms with Crippen molar-refractivity contribution in [1.82, 2.24) is 10.2 Å². The fourth-order valence-corrected chi connectivity index (χ4v) is 2.14. The van der Waals surface area contributed by atoms with Crippen molar-refractivity contribution in [1.29, 1.82) is 0 Å². The number of thioether (sulfide) groups is 1. The molecule has 0 saturated heterocycles. The summed E-state index contributed by atoms with van der Waals surface area (Å²) in [4.78, 5) is 0.872. The number of nitrogens with zero attached hydrogens (tertiary/aromatic N) is 2. The summed E-state index contributed by atoms with van der Waals surface area (Å²) in [5.74, 6) is 1.13. The van der Waals surface area contributed by atoms with Crippen LogP contribution in [-0.4, -0.2) is 10.2 Å². The maximum Gasteiger partial charge on any atom is 0.170 e. The van der Waals surface area contributed by atoms with Gasteiger partial charge in [0.25, 0.3) is 0 Å². The number of hydrogen-bond acceptors (Lipinski definition) is 5. The Morgan fingerprint density at radius 1 is 1.12 bits per heavy atom. The molecule has 2 aromatic rings. The van der Waals surface area contributed by atoms with Gasteiger partial charge in [0.1, 0.15) is 0 Å². The molecule has 2 rings (SSSR count). The molecule has 0 amide bonds. The number of rotatable bonds is 3. The fraction of sp³-hybridized carbons (Fsp3) is 0.0909. The number of nitrogens with two attached hydrogens (primary N) is 2. The van der Waals surface area contributed by atoms with Crippen molar-refractivity contribution >= 4 is 23.3 Å². The van der Waals surface area contributed by atoms with E-state index in [1.165, 1.54) is 5.56 Å². The largest absolute Gasteiger partial charge is 0.395 e. The van der Waals surface area contributed by atoms with Crippen LogP contribution in [0.1, 0.15) is 5.56 Å². The average Bonchev–Trinajstić information content (AvgIpc) is 2.32. The first-order valence-electron chi connectivity index (χ1n) is 4.80. The van der Waals surface area contributed by atoms with Gasteiger partial charge >= 0.3 is 0 Å². The minimum absolute atomic E-state index is 0.290. The molecule has 0 saturated carbocycles. The molecule has 4 nitrogen and oxygen atoms in total. The second-order valence-corrected chi connectivity index (χ2v) is 4.30. The highest BCUT2D eigenvalue weighted by molar-refractivity contribution is 7.98. The van der Waals surface area contributed by atoms with E-state index in [1.807, 2.05) is 18.2 Å². The van der Waals surface area contributed by atoms with Gasteiger partial charge in [-0.1, -0.05) is 30.3 Å². The third kappa shape index (κ3) is 2.43. The summed E-state index contributed by atoms with van der Waals surface area (Å²) in [5.41, 5.74) is 13.1. The molecule has 1 aromatic carbocycles. The average molecular weight is 232 g/mol. The van der Waals surface area contributed by atoms with Crippen molar-refractivity contribution in [2.24, 2.45) is 0 Å². The Morgan fingerprint density at radius 2 is 1.88 bits per heavy atom. The molecule has 4 N–H and O–H groups in total. The lowest BCUT2D eigenvalue weighted by Gasteiger charge is -2.05. The Morgan fingerprint density at radius 3 is 2.62 bits per heavy atom. The molecule has 0 aliphatic carbocycles. The lowest BCUT2D eigenvalue weighted by molar-refractivity contribution is 1.01. The molecule has 0 aliphatic heterocycles. The van der Waals surface area contributed by atoms with Crippen LogP contribution in [0.25, 0.3) is 0 Å². The molecule has 0 spiro atoms. The third-order valence-corrected chi connectivity index (χ3v) is 3.23. The summed E-state index contributed by atoms with van der Waals surface area (Å²) in [5, 5.41) is 7.47. The highest BCUT2D eigenvalue weighted by Crippen LogP contribution is 2.29. The van der Waals surface area contributed by atoms with Crippen molar-refractivity contribution in [2.45, 2.75) is 10.6 Å². The summed E-state index contributed by atoms with van der Waals surface area (Å²) >= 11 is 1.61. The number of nitrogen functional groups attached to an aromatic ring is 2. The van der Waals surface area contributed by atoms with E-state index in [0.29, 0.717) is 5.69 Å². The lowest BCUT2D eigenvalue weighted by Crippen LogP contribution is -2.01. The zero-order valence-electron chi connectivity index (χ0n) is 8.63. The lowest BCUT2D eigenvalue weighted by atomic mass is 10.2. The van der Waals surface area contributed by atoms with Crippen LogP contribution in [0.2, 0.25) is 0 Å². The SMILES string of the molecule is Nc1nncc(SCc2ccccc2)c1N. The van der Waals surface area contributed by atoms with Crippen LogP contribution in [0.15, 0.2) is 41.4 Å². The Balaban J connectivity index is 2.08. The van der Waals surface area contributed by atoms with Crippen LogP contribution in [0.5, 0.6) is 0 Å². The first-order chi connectivity index (χ1) is 7.77. The van der Waals surface area contributed by atoms with Gasteiger partial charge < -0.3 is 11.5 Å². The number of aromatic nitrogens is 2. The van der Waals surface area contributed by atoms with Crippen molar-refractivity contribution in [3.8, 4) is 0 Å². The standard InChI is InChI=1S/C11H12N4S/c12-10-9(6-14-15-11(10)13)16-7-8-4-2-1-3-5-8/h1-6H,7H2,(H2,12,14)(H2,13,15). The first kappa shape index (κ1) is 10.8. The molecular formula is C11H12N4S. The van der Waals surface area contributed by atoms with E-state index >= 15 is 0 Å². The molecule has 0 aliphatic rings. The molecule has 0 fully saturated rings. The molecule has 16 heavy (non-hydrogen) atoms. The highest BCUT2D eigenvalue weighted by atomic mass is 32.2. The normalized spacial score (nSPS) is 10.2. The smallest absolute Gasteiger partial charge is 0.170 e. The molecular weight excluding hydrogens is 220 g/mol. The van der Waals surface area contributed by atoms with Crippen LogP contribution in [0, 0.1) is 0 Å². The number of benzene rings is 1. The van der Waals surface area contributed by atoms with E-state index in [1.54, 1.807) is 18.0 Å². The third-order valence-electron chi connectivity index (χ3n) is 2.12. The fourth-order valence-electron chi connectivity index (χ4n) is 1.24. The van der Waals surface area contributed by atoms with Crippen molar-refractivity contribution in [3.63, 3.8) is 0 Å². The molecule has 0 atom stereocenters. The minimum atomic E-state index is 0.290. The van der Waals surface area contributed by atoms with Crippen LogP contribution in [0.4, 0.5) is 11.5 Å². The van der Waals surface area contributed by atoms with Gasteiger partial charge in [-0.15, -0.1) is 16.9 Å². The summed E-state index contributed by atoms with van der Waals surface area (Å²) in [7, 11) is 0. The maximum atomic E-state index is 5.80. The van der Waals surface area contributed by atoms with E-state index in [-0.39, 0.29) is 5.82 Å². The van der Waals surface area contributed by atoms with Gasteiger partial charge in [-0.2, -0.15) is 5.10 Å². The van der Waals surface area contributed by atoms with E-state index in [0.717, 1.165) is 10.6 Å². The van der Waals surface area contributed by atoms with E-state index in [9.17, 15) is 0 Å². The number of anilines is 2. The first-order valence-corrected chi connectivity index (χ1v) is 5.79. The quantitative estimate of drug-likeness (QED) is 0.791. The Hall–Kier alpha value is -1.75. The Bertz CT molecular complexity index is 473. The molecule has 82 valence electrons. The summed E-state index contributed by atoms with van der Waals surface area (Å²) in [6, 6.07) is 10.2.